The molecule has 2 aromatic rings. The van der Waals surface area contributed by atoms with Gasteiger partial charge in [-0.05, 0) is 41.1 Å². The molecule has 0 aliphatic carbocycles. The molecule has 17 heavy (non-hydrogen) atoms. The second-order valence-electron chi connectivity index (χ2n) is 3.47. The summed E-state index contributed by atoms with van der Waals surface area (Å²) < 4.78 is 26.9. The minimum atomic E-state index is -0.644. The Balaban J connectivity index is 2.52. The number of thiophene rings is 1. The second kappa shape index (κ2) is 4.66. The third kappa shape index (κ3) is 2.45. The molecule has 0 saturated carbocycles. The highest BCUT2D eigenvalue weighted by molar-refractivity contribution is 9.10. The van der Waals surface area contributed by atoms with Crippen LogP contribution in [-0.2, 0) is 0 Å². The Bertz CT molecular complexity index is 592. The number of hydrogen-bond acceptors (Lipinski definition) is 2. The monoisotopic (exact) mass is 316 g/mol. The largest absolute Gasteiger partial charge is 0.294 e. The Morgan fingerprint density at radius 1 is 1.24 bits per heavy atom. The molecule has 0 atom stereocenters. The normalized spacial score (nSPS) is 10.6. The molecule has 0 radical (unpaired) electrons. The summed E-state index contributed by atoms with van der Waals surface area (Å²) in [5.74, 6) is -1.35. The first-order valence-electron chi connectivity index (χ1n) is 4.74. The second-order valence-corrected chi connectivity index (χ2v) is 5.40. The van der Waals surface area contributed by atoms with Crippen molar-refractivity contribution < 1.29 is 13.6 Å². The molecule has 88 valence electrons. The van der Waals surface area contributed by atoms with Crippen LogP contribution in [0, 0.1) is 11.6 Å². The van der Waals surface area contributed by atoms with Gasteiger partial charge in [0, 0.05) is 16.5 Å². The van der Waals surface area contributed by atoms with Gasteiger partial charge in [0.25, 0.3) is 0 Å². The van der Waals surface area contributed by atoms with Crippen LogP contribution in [0.2, 0.25) is 0 Å². The average molecular weight is 317 g/mol. The summed E-state index contributed by atoms with van der Waals surface area (Å²) in [6.45, 7) is 1.45. The summed E-state index contributed by atoms with van der Waals surface area (Å²) in [5.41, 5.74) is 0.288. The van der Waals surface area contributed by atoms with E-state index in [0.717, 1.165) is 6.07 Å². The fourth-order valence-electron chi connectivity index (χ4n) is 1.38. The minimum Gasteiger partial charge on any atom is -0.294 e. The van der Waals surface area contributed by atoms with Crippen LogP contribution in [0.1, 0.15) is 16.6 Å². The number of halogens is 3. The number of ketones is 1. The zero-order valence-corrected chi connectivity index (χ0v) is 11.2. The Morgan fingerprint density at radius 2 is 1.94 bits per heavy atom. The average Bonchev–Trinajstić information content (AvgIpc) is 2.72. The van der Waals surface area contributed by atoms with Gasteiger partial charge in [-0.25, -0.2) is 8.78 Å². The van der Waals surface area contributed by atoms with Crippen molar-refractivity contribution >= 4 is 33.0 Å². The third-order valence-corrected chi connectivity index (χ3v) is 4.06. The van der Waals surface area contributed by atoms with Crippen molar-refractivity contribution in [3.8, 4) is 10.4 Å². The van der Waals surface area contributed by atoms with Gasteiger partial charge in [-0.3, -0.25) is 4.79 Å². The van der Waals surface area contributed by atoms with Crippen molar-refractivity contribution in [2.45, 2.75) is 6.92 Å². The first-order valence-corrected chi connectivity index (χ1v) is 6.35. The molecule has 1 nitrogen and oxygen atoms in total. The molecule has 0 amide bonds. The van der Waals surface area contributed by atoms with Gasteiger partial charge in [0.15, 0.2) is 5.78 Å². The van der Waals surface area contributed by atoms with E-state index in [1.807, 2.05) is 0 Å². The maximum atomic E-state index is 13.6. The molecule has 0 unspecified atom stereocenters. The fraction of sp³-hybridized carbons (Fsp3) is 0.0833. The van der Waals surface area contributed by atoms with E-state index in [1.165, 1.54) is 24.3 Å². The van der Waals surface area contributed by atoms with Crippen LogP contribution >= 0.6 is 27.3 Å². The summed E-state index contributed by atoms with van der Waals surface area (Å²) in [7, 11) is 0. The lowest BCUT2D eigenvalue weighted by Crippen LogP contribution is -1.86. The SMILES string of the molecule is CC(=O)c1ccc(-c2cc(Br)c(F)cc2F)s1. The van der Waals surface area contributed by atoms with Crippen LogP contribution in [0.25, 0.3) is 10.4 Å². The number of hydrogen-bond donors (Lipinski definition) is 0. The van der Waals surface area contributed by atoms with Gasteiger partial charge >= 0.3 is 0 Å². The predicted molar refractivity (Wildman–Crippen MR) is 67.4 cm³/mol. The number of carbonyl (C=O) groups is 1. The van der Waals surface area contributed by atoms with Crippen molar-refractivity contribution in [3.63, 3.8) is 0 Å². The van der Waals surface area contributed by atoms with E-state index in [9.17, 15) is 13.6 Å². The van der Waals surface area contributed by atoms with Crippen LogP contribution in [0.4, 0.5) is 8.78 Å². The summed E-state index contributed by atoms with van der Waals surface area (Å²) in [6.07, 6.45) is 0. The molecule has 0 aliphatic rings. The van der Waals surface area contributed by atoms with Crippen molar-refractivity contribution in [1.29, 1.82) is 0 Å². The Hall–Kier alpha value is -1.07. The number of carbonyl (C=O) groups excluding carboxylic acids is 1. The van der Waals surface area contributed by atoms with Gasteiger partial charge < -0.3 is 0 Å². The van der Waals surface area contributed by atoms with Gasteiger partial charge in [0.1, 0.15) is 11.6 Å². The predicted octanol–water partition coefficient (Wildman–Crippen LogP) is 4.66. The van der Waals surface area contributed by atoms with E-state index in [2.05, 4.69) is 15.9 Å². The number of Topliss-reactive ketones (excluding diaryl/α,β-unsaturated/α-hetero) is 1. The lowest BCUT2D eigenvalue weighted by Gasteiger charge is -2.02. The number of benzene rings is 1. The van der Waals surface area contributed by atoms with Gasteiger partial charge in [-0.15, -0.1) is 11.3 Å². The third-order valence-electron chi connectivity index (χ3n) is 2.23. The van der Waals surface area contributed by atoms with Crippen LogP contribution in [0.15, 0.2) is 28.7 Å². The Labute approximate surface area is 109 Å². The Kier molecular flexibility index (Phi) is 3.40. The Morgan fingerprint density at radius 3 is 2.53 bits per heavy atom. The maximum absolute atomic E-state index is 13.6. The zero-order valence-electron chi connectivity index (χ0n) is 8.76. The standard InChI is InChI=1S/C12H7BrF2OS/c1-6(16)11-2-3-12(17-11)7-4-8(13)10(15)5-9(7)14/h2-5H,1H3. The van der Waals surface area contributed by atoms with Gasteiger partial charge in [-0.2, -0.15) is 0 Å². The molecule has 5 heteroatoms. The molecule has 1 aromatic heterocycles. The lowest BCUT2D eigenvalue weighted by molar-refractivity contribution is 0.102. The summed E-state index contributed by atoms with van der Waals surface area (Å²) in [6, 6.07) is 5.50. The van der Waals surface area contributed by atoms with E-state index >= 15 is 0 Å². The summed E-state index contributed by atoms with van der Waals surface area (Å²) in [4.78, 5) is 12.3. The first kappa shape index (κ1) is 12.4. The van der Waals surface area contributed by atoms with E-state index < -0.39 is 11.6 Å². The van der Waals surface area contributed by atoms with E-state index in [-0.39, 0.29) is 15.8 Å². The summed E-state index contributed by atoms with van der Waals surface area (Å²) >= 11 is 4.20. The molecular formula is C12H7BrF2OS. The highest BCUT2D eigenvalue weighted by Gasteiger charge is 2.13. The van der Waals surface area contributed by atoms with Gasteiger partial charge in [0.05, 0.1) is 9.35 Å². The first-order chi connectivity index (χ1) is 7.99. The van der Waals surface area contributed by atoms with E-state index in [4.69, 9.17) is 0 Å². The van der Waals surface area contributed by atoms with Crippen molar-refractivity contribution in [2.24, 2.45) is 0 Å². The maximum Gasteiger partial charge on any atom is 0.169 e. The highest BCUT2D eigenvalue weighted by atomic mass is 79.9. The van der Waals surface area contributed by atoms with Gasteiger partial charge in [0.2, 0.25) is 0 Å². The lowest BCUT2D eigenvalue weighted by atomic mass is 10.2. The van der Waals surface area contributed by atoms with Crippen LogP contribution in [0.3, 0.4) is 0 Å². The van der Waals surface area contributed by atoms with Gasteiger partial charge in [-0.1, -0.05) is 0 Å². The molecule has 0 saturated heterocycles. The molecule has 0 spiro atoms. The molecule has 1 heterocycles. The minimum absolute atomic E-state index is 0.0668. The van der Waals surface area contributed by atoms with Crippen LogP contribution in [-0.4, -0.2) is 5.78 Å². The highest BCUT2D eigenvalue weighted by Crippen LogP contribution is 2.33. The van der Waals surface area contributed by atoms with Crippen LogP contribution in [0.5, 0.6) is 0 Å². The number of rotatable bonds is 2. The van der Waals surface area contributed by atoms with Crippen molar-refractivity contribution in [3.05, 3.63) is 45.2 Å². The van der Waals surface area contributed by atoms with Crippen molar-refractivity contribution in [2.75, 3.05) is 0 Å². The van der Waals surface area contributed by atoms with Crippen LogP contribution < -0.4 is 0 Å². The quantitative estimate of drug-likeness (QED) is 0.582. The molecule has 2 rings (SSSR count). The van der Waals surface area contributed by atoms with E-state index in [0.29, 0.717) is 9.75 Å². The zero-order chi connectivity index (χ0) is 12.6. The molecule has 0 N–H and O–H groups in total. The molecule has 0 aliphatic heterocycles. The molecule has 0 fully saturated rings. The van der Waals surface area contributed by atoms with E-state index in [1.54, 1.807) is 12.1 Å². The molecular weight excluding hydrogens is 310 g/mol. The van der Waals surface area contributed by atoms with Crippen molar-refractivity contribution in [1.82, 2.24) is 0 Å². The smallest absolute Gasteiger partial charge is 0.169 e. The summed E-state index contributed by atoms with van der Waals surface area (Å²) in [5, 5.41) is 0. The molecule has 0 bridgehead atoms. The topological polar surface area (TPSA) is 17.1 Å². The molecule has 1 aromatic carbocycles. The fourth-order valence-corrected chi connectivity index (χ4v) is 2.65.